The zero-order valence-corrected chi connectivity index (χ0v) is 11.8. The summed E-state index contributed by atoms with van der Waals surface area (Å²) < 4.78 is 0.246. The van der Waals surface area contributed by atoms with Gasteiger partial charge in [-0.1, -0.05) is 20.8 Å². The highest BCUT2D eigenvalue weighted by atomic mass is 32.2. The van der Waals surface area contributed by atoms with Gasteiger partial charge < -0.3 is 5.32 Å². The summed E-state index contributed by atoms with van der Waals surface area (Å²) in [5.41, 5.74) is 2.61. The molecule has 0 aliphatic rings. The fraction of sp³-hybridized carbons (Fsp3) is 0.909. The van der Waals surface area contributed by atoms with Crippen LogP contribution in [0.1, 0.15) is 40.0 Å². The van der Waals surface area contributed by atoms with E-state index in [1.807, 2.05) is 11.8 Å². The van der Waals surface area contributed by atoms with E-state index in [4.69, 9.17) is 5.84 Å². The maximum atomic E-state index is 5.42. The summed E-state index contributed by atoms with van der Waals surface area (Å²) in [6.45, 7) is 8.24. The minimum absolute atomic E-state index is 0.246. The van der Waals surface area contributed by atoms with Crippen molar-refractivity contribution in [2.45, 2.75) is 44.8 Å². The molecule has 96 valence electrons. The summed E-state index contributed by atoms with van der Waals surface area (Å²) in [7, 11) is 0. The fourth-order valence-electron chi connectivity index (χ4n) is 1.45. The van der Waals surface area contributed by atoms with Gasteiger partial charge in [0.25, 0.3) is 0 Å². The third-order valence-corrected chi connectivity index (χ3v) is 4.50. The zero-order chi connectivity index (χ0) is 12.4. The Bertz CT molecular complexity index is 194. The number of nitrogens with two attached hydrogens (primary N) is 1. The lowest BCUT2D eigenvalue weighted by Crippen LogP contribution is -2.43. The van der Waals surface area contributed by atoms with E-state index in [2.05, 4.69) is 42.8 Å². The van der Waals surface area contributed by atoms with Gasteiger partial charge in [0, 0.05) is 11.3 Å². The summed E-state index contributed by atoms with van der Waals surface area (Å²) in [5, 5.41) is 3.17. The topological polar surface area (TPSA) is 62.4 Å². The van der Waals surface area contributed by atoms with Crippen molar-refractivity contribution < 1.29 is 0 Å². The molecule has 0 amide bonds. The van der Waals surface area contributed by atoms with Gasteiger partial charge in [-0.2, -0.15) is 11.8 Å². The van der Waals surface area contributed by atoms with E-state index in [1.54, 1.807) is 0 Å². The van der Waals surface area contributed by atoms with E-state index in [-0.39, 0.29) is 4.75 Å². The molecule has 0 rings (SSSR count). The molecule has 4 N–H and O–H groups in total. The number of nitrogens with one attached hydrogen (secondary N) is 2. The highest BCUT2D eigenvalue weighted by Crippen LogP contribution is 2.30. The molecule has 0 bridgehead atoms. The maximum Gasteiger partial charge on any atom is 0.205 e. The van der Waals surface area contributed by atoms with Crippen molar-refractivity contribution >= 4 is 17.7 Å². The molecule has 0 aromatic carbocycles. The van der Waals surface area contributed by atoms with Crippen LogP contribution in [0, 0.1) is 0 Å². The average molecular weight is 246 g/mol. The third-order valence-electron chi connectivity index (χ3n) is 2.93. The molecule has 0 aromatic heterocycles. The van der Waals surface area contributed by atoms with Gasteiger partial charge in [-0.3, -0.25) is 10.4 Å². The molecular weight excluding hydrogens is 220 g/mol. The molecule has 0 aliphatic carbocycles. The molecule has 0 spiro atoms. The molecule has 5 heteroatoms. The van der Waals surface area contributed by atoms with E-state index >= 15 is 0 Å². The summed E-state index contributed by atoms with van der Waals surface area (Å²) in [5.74, 6) is 6.11. The smallest absolute Gasteiger partial charge is 0.205 e. The highest BCUT2D eigenvalue weighted by molar-refractivity contribution is 8.00. The molecule has 0 saturated heterocycles. The van der Waals surface area contributed by atoms with Gasteiger partial charge in [-0.25, -0.2) is 5.84 Å². The molecule has 0 fully saturated rings. The Labute approximate surface area is 104 Å². The van der Waals surface area contributed by atoms with Crippen molar-refractivity contribution in [3.63, 3.8) is 0 Å². The van der Waals surface area contributed by atoms with Crippen molar-refractivity contribution in [3.05, 3.63) is 0 Å². The SMILES string of the molecule is CCCNC(=NCC(CC)(CC)SC)NN. The lowest BCUT2D eigenvalue weighted by molar-refractivity contribution is 0.558. The van der Waals surface area contributed by atoms with Crippen molar-refractivity contribution in [2.75, 3.05) is 19.3 Å². The molecule has 0 aromatic rings. The Hall–Kier alpha value is -0.420. The number of hydrogen-bond acceptors (Lipinski definition) is 3. The zero-order valence-electron chi connectivity index (χ0n) is 11.0. The Morgan fingerprint density at radius 3 is 2.31 bits per heavy atom. The van der Waals surface area contributed by atoms with Gasteiger partial charge in [-0.15, -0.1) is 0 Å². The molecule has 0 atom stereocenters. The quantitative estimate of drug-likeness (QED) is 0.277. The first-order valence-corrected chi connectivity index (χ1v) is 7.20. The lowest BCUT2D eigenvalue weighted by Gasteiger charge is -2.27. The second kappa shape index (κ2) is 8.70. The second-order valence-electron chi connectivity index (χ2n) is 3.83. The van der Waals surface area contributed by atoms with Gasteiger partial charge in [0.1, 0.15) is 0 Å². The largest absolute Gasteiger partial charge is 0.355 e. The van der Waals surface area contributed by atoms with Crippen molar-refractivity contribution in [1.82, 2.24) is 10.7 Å². The van der Waals surface area contributed by atoms with Crippen LogP contribution in [0.25, 0.3) is 0 Å². The number of guanidine groups is 1. The standard InChI is InChI=1S/C11H26N4S/c1-5-8-13-10(15-12)14-9-11(6-2,7-3)16-4/h5-9,12H2,1-4H3,(H2,13,14,15). The second-order valence-corrected chi connectivity index (χ2v) is 5.10. The highest BCUT2D eigenvalue weighted by Gasteiger charge is 2.24. The summed E-state index contributed by atoms with van der Waals surface area (Å²) in [6, 6.07) is 0. The van der Waals surface area contributed by atoms with Crippen molar-refractivity contribution in [3.8, 4) is 0 Å². The number of thioether (sulfide) groups is 1. The normalized spacial score (nSPS) is 12.7. The Balaban J connectivity index is 4.37. The Morgan fingerprint density at radius 2 is 1.94 bits per heavy atom. The Morgan fingerprint density at radius 1 is 1.31 bits per heavy atom. The molecule has 0 heterocycles. The van der Waals surface area contributed by atoms with Gasteiger partial charge in [0.2, 0.25) is 5.96 Å². The van der Waals surface area contributed by atoms with Crippen LogP contribution in [0.5, 0.6) is 0 Å². The summed E-state index contributed by atoms with van der Waals surface area (Å²) in [6.07, 6.45) is 5.47. The van der Waals surface area contributed by atoms with Crippen LogP contribution in [0.15, 0.2) is 4.99 Å². The van der Waals surface area contributed by atoms with Crippen LogP contribution in [-0.2, 0) is 0 Å². The van der Waals surface area contributed by atoms with Gasteiger partial charge in [-0.05, 0) is 25.5 Å². The first-order valence-electron chi connectivity index (χ1n) is 5.98. The fourth-order valence-corrected chi connectivity index (χ4v) is 2.22. The van der Waals surface area contributed by atoms with Gasteiger partial charge in [0.05, 0.1) is 6.54 Å². The summed E-state index contributed by atoms with van der Waals surface area (Å²) in [4.78, 5) is 4.51. The minimum atomic E-state index is 0.246. The van der Waals surface area contributed by atoms with Crippen LogP contribution in [0.2, 0.25) is 0 Å². The van der Waals surface area contributed by atoms with Crippen molar-refractivity contribution in [2.24, 2.45) is 10.8 Å². The van der Waals surface area contributed by atoms with Crippen LogP contribution >= 0.6 is 11.8 Å². The maximum absolute atomic E-state index is 5.42. The number of aliphatic imine (C=N–C) groups is 1. The van der Waals surface area contributed by atoms with Crippen LogP contribution < -0.4 is 16.6 Å². The van der Waals surface area contributed by atoms with E-state index in [0.717, 1.165) is 32.4 Å². The minimum Gasteiger partial charge on any atom is -0.355 e. The monoisotopic (exact) mass is 246 g/mol. The molecule has 16 heavy (non-hydrogen) atoms. The molecule has 0 radical (unpaired) electrons. The third kappa shape index (κ3) is 5.07. The van der Waals surface area contributed by atoms with Crippen LogP contribution in [-0.4, -0.2) is 30.1 Å². The number of rotatable bonds is 7. The predicted molar refractivity (Wildman–Crippen MR) is 74.7 cm³/mol. The van der Waals surface area contributed by atoms with E-state index in [9.17, 15) is 0 Å². The Kier molecular flexibility index (Phi) is 8.47. The first-order chi connectivity index (χ1) is 7.67. The molecule has 0 saturated carbocycles. The van der Waals surface area contributed by atoms with E-state index < -0.39 is 0 Å². The van der Waals surface area contributed by atoms with E-state index in [1.165, 1.54) is 0 Å². The summed E-state index contributed by atoms with van der Waals surface area (Å²) >= 11 is 1.89. The van der Waals surface area contributed by atoms with Gasteiger partial charge >= 0.3 is 0 Å². The number of hydrogen-bond donors (Lipinski definition) is 3. The average Bonchev–Trinajstić information content (AvgIpc) is 2.35. The van der Waals surface area contributed by atoms with Gasteiger partial charge in [0.15, 0.2) is 0 Å². The molecule has 4 nitrogen and oxygen atoms in total. The molecule has 0 aliphatic heterocycles. The van der Waals surface area contributed by atoms with Crippen LogP contribution in [0.4, 0.5) is 0 Å². The van der Waals surface area contributed by atoms with Crippen molar-refractivity contribution in [1.29, 1.82) is 0 Å². The first kappa shape index (κ1) is 15.6. The predicted octanol–water partition coefficient (Wildman–Crippen LogP) is 1.73. The van der Waals surface area contributed by atoms with Crippen LogP contribution in [0.3, 0.4) is 0 Å². The van der Waals surface area contributed by atoms with E-state index in [0.29, 0.717) is 5.96 Å². The molecule has 0 unspecified atom stereocenters. The lowest BCUT2D eigenvalue weighted by atomic mass is 10.0. The molecular formula is C11H26N4S. The number of nitrogens with zero attached hydrogens (tertiary/aromatic N) is 1. The number of hydrazine groups is 1.